The maximum atomic E-state index is 13.4. The summed E-state index contributed by atoms with van der Waals surface area (Å²) in [5, 5.41) is 6.09. The number of halogens is 5. The number of alkyl halides is 3. The van der Waals surface area contributed by atoms with Gasteiger partial charge < -0.3 is 5.32 Å². The highest BCUT2D eigenvalue weighted by Crippen LogP contribution is 2.41. The number of hydrogen-bond donors (Lipinski definition) is 1. The molecule has 2 aliphatic rings. The van der Waals surface area contributed by atoms with E-state index in [0.29, 0.717) is 22.7 Å². The van der Waals surface area contributed by atoms with Crippen molar-refractivity contribution < 1.29 is 26.4 Å². The summed E-state index contributed by atoms with van der Waals surface area (Å²) in [6.45, 7) is 1.49. The van der Waals surface area contributed by atoms with E-state index < -0.39 is 39.1 Å². The zero-order chi connectivity index (χ0) is 23.6. The molecule has 1 N–H and O–H groups in total. The molecule has 1 aliphatic heterocycles. The molecule has 1 amide bonds. The van der Waals surface area contributed by atoms with Crippen molar-refractivity contribution in [1.29, 1.82) is 0 Å². The normalized spacial score (nSPS) is 18.9. The Balaban J connectivity index is 1.88. The van der Waals surface area contributed by atoms with Crippen molar-refractivity contribution in [3.8, 4) is 0 Å². The molecule has 2 aromatic rings. The third-order valence-electron chi connectivity index (χ3n) is 5.37. The van der Waals surface area contributed by atoms with Crippen LogP contribution >= 0.6 is 23.2 Å². The number of likely N-dealkylation sites (N-methyl/N-ethyl adjacent to an activating group) is 1. The van der Waals surface area contributed by atoms with Crippen molar-refractivity contribution >= 4 is 45.0 Å². The molecule has 1 aromatic carbocycles. The molecule has 32 heavy (non-hydrogen) atoms. The minimum absolute atomic E-state index is 0.00449. The van der Waals surface area contributed by atoms with Gasteiger partial charge in [-0.1, -0.05) is 29.3 Å². The quantitative estimate of drug-likeness (QED) is 0.659. The van der Waals surface area contributed by atoms with Crippen molar-refractivity contribution in [2.45, 2.75) is 37.2 Å². The maximum Gasteiger partial charge on any atom is 0.435 e. The van der Waals surface area contributed by atoms with Crippen LogP contribution in [0, 0.1) is 0 Å². The van der Waals surface area contributed by atoms with Crippen LogP contribution in [0.4, 0.5) is 19.0 Å². The second kappa shape index (κ2) is 7.67. The van der Waals surface area contributed by atoms with Gasteiger partial charge in [0.25, 0.3) is 5.91 Å². The number of benzene rings is 1. The van der Waals surface area contributed by atoms with Crippen molar-refractivity contribution in [2.24, 2.45) is 0 Å². The minimum Gasteiger partial charge on any atom is -0.344 e. The van der Waals surface area contributed by atoms with E-state index >= 15 is 0 Å². The minimum atomic E-state index is -4.72. The van der Waals surface area contributed by atoms with Gasteiger partial charge in [-0.2, -0.15) is 18.3 Å². The van der Waals surface area contributed by atoms with Crippen molar-refractivity contribution in [2.75, 3.05) is 12.4 Å². The number of fused-ring (bicyclic) bond motifs is 1. The van der Waals surface area contributed by atoms with Crippen LogP contribution in [0.25, 0.3) is 0 Å². The molecule has 0 radical (unpaired) electrons. The fraction of sp³-hybridized carbons (Fsp3) is 0.368. The second-order valence-electron chi connectivity index (χ2n) is 7.61. The van der Waals surface area contributed by atoms with Gasteiger partial charge >= 0.3 is 6.18 Å². The van der Waals surface area contributed by atoms with Gasteiger partial charge in [0.2, 0.25) is 10.0 Å². The van der Waals surface area contributed by atoms with E-state index in [-0.39, 0.29) is 27.1 Å². The van der Waals surface area contributed by atoms with Gasteiger partial charge in [-0.05, 0) is 37.5 Å². The second-order valence-corrected chi connectivity index (χ2v) is 10.7. The Morgan fingerprint density at radius 2 is 1.88 bits per heavy atom. The lowest BCUT2D eigenvalue weighted by Crippen LogP contribution is -2.40. The Hall–Kier alpha value is -2.24. The first-order chi connectivity index (χ1) is 14.8. The molecule has 172 valence electrons. The Bertz CT molecular complexity index is 1250. The lowest BCUT2D eigenvalue weighted by molar-refractivity contribution is -0.141. The van der Waals surface area contributed by atoms with E-state index in [1.165, 1.54) is 25.1 Å². The largest absolute Gasteiger partial charge is 0.435 e. The molecular weight excluding hydrogens is 492 g/mol. The first-order valence-electron chi connectivity index (χ1n) is 9.44. The van der Waals surface area contributed by atoms with E-state index in [4.69, 9.17) is 23.2 Å². The third-order valence-corrected chi connectivity index (χ3v) is 8.35. The molecule has 2 heterocycles. The van der Waals surface area contributed by atoms with Crippen LogP contribution in [0.1, 0.15) is 37.1 Å². The van der Waals surface area contributed by atoms with Gasteiger partial charge in [0.15, 0.2) is 5.69 Å². The number of hydrogen-bond acceptors (Lipinski definition) is 5. The fourth-order valence-electron chi connectivity index (χ4n) is 3.55. The fourth-order valence-corrected chi connectivity index (χ4v) is 5.37. The Labute approximate surface area is 191 Å². The number of carbonyl (C=O) groups is 1. The van der Waals surface area contributed by atoms with Crippen LogP contribution in [0.2, 0.25) is 10.0 Å². The van der Waals surface area contributed by atoms with E-state index in [1.807, 2.05) is 0 Å². The molecule has 4 rings (SSSR count). The lowest BCUT2D eigenvalue weighted by Gasteiger charge is -2.31. The van der Waals surface area contributed by atoms with E-state index in [2.05, 4.69) is 10.4 Å². The topological polar surface area (TPSA) is 84.3 Å². The Kier molecular flexibility index (Phi) is 5.50. The van der Waals surface area contributed by atoms with Gasteiger partial charge in [0.05, 0.1) is 20.9 Å². The summed E-state index contributed by atoms with van der Waals surface area (Å²) in [6.07, 6.45) is -3.83. The lowest BCUT2D eigenvalue weighted by atomic mass is 9.95. The molecule has 1 aromatic heterocycles. The zero-order valence-electron chi connectivity index (χ0n) is 16.7. The Morgan fingerprint density at radius 3 is 2.44 bits per heavy atom. The first kappa shape index (κ1) is 22.9. The summed E-state index contributed by atoms with van der Waals surface area (Å²) in [5.41, 5.74) is -0.714. The van der Waals surface area contributed by atoms with E-state index in [1.54, 1.807) is 0 Å². The monoisotopic (exact) mass is 508 g/mol. The number of nitrogens with zero attached hydrogens (tertiary/aromatic N) is 3. The molecule has 1 saturated carbocycles. The van der Waals surface area contributed by atoms with E-state index in [0.717, 1.165) is 17.8 Å². The molecule has 1 fully saturated rings. The molecule has 13 heteroatoms. The number of amides is 1. The van der Waals surface area contributed by atoms with Gasteiger partial charge in [0, 0.05) is 18.8 Å². The summed E-state index contributed by atoms with van der Waals surface area (Å²) in [4.78, 5) is 13.4. The highest BCUT2D eigenvalue weighted by atomic mass is 35.5. The zero-order valence-corrected chi connectivity index (χ0v) is 19.1. The number of rotatable bonds is 4. The number of aromatic nitrogens is 2. The van der Waals surface area contributed by atoms with Crippen LogP contribution in [0.3, 0.4) is 0 Å². The summed E-state index contributed by atoms with van der Waals surface area (Å²) < 4.78 is 67.0. The molecule has 0 spiro atoms. The van der Waals surface area contributed by atoms with Crippen molar-refractivity contribution in [3.63, 3.8) is 0 Å². The van der Waals surface area contributed by atoms with Crippen molar-refractivity contribution in [1.82, 2.24) is 14.1 Å². The summed E-state index contributed by atoms with van der Waals surface area (Å²) in [6, 6.07) is 4.01. The standard InChI is InChI=1S/C19H17Cl2F3N4O3S/c1-9-16(18(29)27(2)32(30,31)11-4-5-11)17(10-3-6-12(20)13(21)7-10)28-15(25-9)8-14(26-28)19(22,23)24/h3,6-8,11,17,25H,4-5H2,1-2H3. The van der Waals surface area contributed by atoms with Crippen LogP contribution < -0.4 is 5.32 Å². The van der Waals surface area contributed by atoms with Gasteiger partial charge in [-0.15, -0.1) is 0 Å². The molecule has 7 nitrogen and oxygen atoms in total. The number of allylic oxidation sites excluding steroid dienone is 1. The van der Waals surface area contributed by atoms with Crippen LogP contribution in [-0.2, 0) is 21.0 Å². The maximum absolute atomic E-state index is 13.4. The smallest absolute Gasteiger partial charge is 0.344 e. The molecule has 1 atom stereocenters. The summed E-state index contributed by atoms with van der Waals surface area (Å²) >= 11 is 12.1. The van der Waals surface area contributed by atoms with Gasteiger partial charge in [-0.25, -0.2) is 17.4 Å². The molecular formula is C19H17Cl2F3N4O3S. The Morgan fingerprint density at radius 1 is 1.22 bits per heavy atom. The van der Waals surface area contributed by atoms with Crippen LogP contribution in [0.15, 0.2) is 35.5 Å². The number of anilines is 1. The molecule has 1 unspecified atom stereocenters. The average molecular weight is 509 g/mol. The van der Waals surface area contributed by atoms with Crippen LogP contribution in [0.5, 0.6) is 0 Å². The van der Waals surface area contributed by atoms with E-state index in [9.17, 15) is 26.4 Å². The molecule has 0 saturated heterocycles. The summed E-state index contributed by atoms with van der Waals surface area (Å²) in [7, 11) is -2.75. The predicted molar refractivity (Wildman–Crippen MR) is 113 cm³/mol. The van der Waals surface area contributed by atoms with Crippen LogP contribution in [-0.4, -0.2) is 40.7 Å². The molecule has 1 aliphatic carbocycles. The third kappa shape index (κ3) is 3.86. The highest BCUT2D eigenvalue weighted by Gasteiger charge is 2.45. The van der Waals surface area contributed by atoms with Gasteiger partial charge in [-0.3, -0.25) is 4.79 Å². The van der Waals surface area contributed by atoms with Gasteiger partial charge in [0.1, 0.15) is 11.9 Å². The number of sulfonamides is 1. The summed E-state index contributed by atoms with van der Waals surface area (Å²) in [5.74, 6) is -0.872. The number of nitrogens with one attached hydrogen (secondary N) is 1. The van der Waals surface area contributed by atoms with Crippen molar-refractivity contribution in [3.05, 3.63) is 56.8 Å². The predicted octanol–water partition coefficient (Wildman–Crippen LogP) is 4.45. The highest BCUT2D eigenvalue weighted by molar-refractivity contribution is 7.90. The first-order valence-corrected chi connectivity index (χ1v) is 11.7. The number of carbonyl (C=O) groups excluding carboxylic acids is 1. The molecule has 0 bridgehead atoms. The average Bonchev–Trinajstić information content (AvgIpc) is 3.48. The SMILES string of the molecule is CC1=C(C(=O)N(C)S(=O)(=O)C2CC2)C(c2ccc(Cl)c(Cl)c2)n2nc(C(F)(F)F)cc2N1.